The van der Waals surface area contributed by atoms with Crippen molar-refractivity contribution in [3.63, 3.8) is 0 Å². The van der Waals surface area contributed by atoms with Crippen LogP contribution in [0.15, 0.2) is 42.5 Å². The number of piperidine rings is 1. The van der Waals surface area contributed by atoms with Crippen LogP contribution in [0.4, 0.5) is 0 Å². The van der Waals surface area contributed by atoms with Crippen LogP contribution in [0, 0.1) is 6.92 Å². The van der Waals surface area contributed by atoms with Crippen LogP contribution in [-0.4, -0.2) is 51.6 Å². The topological polar surface area (TPSA) is 48.7 Å². The number of phenolic OH excluding ortho intramolecular Hbond substituents is 1. The van der Waals surface area contributed by atoms with Crippen molar-refractivity contribution in [2.24, 2.45) is 0 Å². The summed E-state index contributed by atoms with van der Waals surface area (Å²) in [7, 11) is 0. The molecule has 2 aromatic carbocycles. The number of carbonyl (C=O) groups excluding carboxylic acids is 1. The Morgan fingerprint density at radius 3 is 2.27 bits per heavy atom. The minimum absolute atomic E-state index is 0.119. The lowest BCUT2D eigenvalue weighted by molar-refractivity contribution is 0.0752. The summed E-state index contributed by atoms with van der Waals surface area (Å²) < 4.78 is 2.31. The zero-order valence-electron chi connectivity index (χ0n) is 23.1. The number of fused-ring (bicyclic) bond motifs is 1. The molecule has 0 spiro atoms. The largest absolute Gasteiger partial charge is 0.508 e. The van der Waals surface area contributed by atoms with E-state index in [2.05, 4.69) is 59.4 Å². The van der Waals surface area contributed by atoms with Crippen molar-refractivity contribution >= 4 is 16.8 Å². The van der Waals surface area contributed by atoms with Crippen LogP contribution in [0.5, 0.6) is 5.75 Å². The van der Waals surface area contributed by atoms with E-state index in [-0.39, 0.29) is 5.91 Å². The highest BCUT2D eigenvalue weighted by Gasteiger charge is 2.28. The van der Waals surface area contributed by atoms with Gasteiger partial charge in [0, 0.05) is 48.3 Å². The summed E-state index contributed by atoms with van der Waals surface area (Å²) in [4.78, 5) is 18.8. The van der Waals surface area contributed by atoms with Gasteiger partial charge in [-0.3, -0.25) is 9.69 Å². The molecular weight excluding hydrogens is 458 g/mol. The maximum atomic E-state index is 14.3. The Morgan fingerprint density at radius 1 is 0.946 bits per heavy atom. The molecule has 0 bridgehead atoms. The molecule has 200 valence electrons. The van der Waals surface area contributed by atoms with Gasteiger partial charge in [0.2, 0.25) is 0 Å². The molecule has 1 fully saturated rings. The third-order valence-electron chi connectivity index (χ3n) is 7.94. The number of carbonyl (C=O) groups is 1. The number of rotatable bonds is 12. The van der Waals surface area contributed by atoms with E-state index in [4.69, 9.17) is 0 Å². The van der Waals surface area contributed by atoms with Gasteiger partial charge in [0.25, 0.3) is 5.91 Å². The first-order valence-corrected chi connectivity index (χ1v) is 14.4. The highest BCUT2D eigenvalue weighted by Crippen LogP contribution is 2.36. The molecule has 0 saturated carbocycles. The number of aryl methyl sites for hydroxylation is 2. The molecule has 1 aliphatic rings. The SMILES string of the molecule is CCCCN(CCCC)C(=O)c1c(C)n(CCc2ccccc2)c2ccc(O)c(CN3CCCCC3)c12. The van der Waals surface area contributed by atoms with E-state index in [0.29, 0.717) is 12.3 Å². The summed E-state index contributed by atoms with van der Waals surface area (Å²) in [5.74, 6) is 0.425. The van der Waals surface area contributed by atoms with Crippen LogP contribution in [0.2, 0.25) is 0 Å². The fraction of sp³-hybridized carbons (Fsp3) is 0.531. The van der Waals surface area contributed by atoms with E-state index in [1.54, 1.807) is 0 Å². The Balaban J connectivity index is 1.80. The molecule has 1 aromatic heterocycles. The zero-order chi connectivity index (χ0) is 26.2. The first kappa shape index (κ1) is 27.3. The van der Waals surface area contributed by atoms with Gasteiger partial charge in [-0.15, -0.1) is 0 Å². The number of likely N-dealkylation sites (tertiary alicyclic amines) is 1. The minimum Gasteiger partial charge on any atom is -0.508 e. The number of hydrogen-bond acceptors (Lipinski definition) is 3. The highest BCUT2D eigenvalue weighted by atomic mass is 16.3. The predicted octanol–water partition coefficient (Wildman–Crippen LogP) is 6.93. The van der Waals surface area contributed by atoms with Crippen LogP contribution in [0.25, 0.3) is 10.9 Å². The number of phenols is 1. The molecule has 1 aliphatic heterocycles. The van der Waals surface area contributed by atoms with Crippen molar-refractivity contribution in [3.8, 4) is 5.75 Å². The summed E-state index contributed by atoms with van der Waals surface area (Å²) in [6.07, 6.45) is 8.71. The van der Waals surface area contributed by atoms with Gasteiger partial charge in [-0.2, -0.15) is 0 Å². The Kier molecular flexibility index (Phi) is 9.68. The normalized spacial score (nSPS) is 14.4. The Hall–Kier alpha value is -2.79. The molecule has 0 unspecified atom stereocenters. The van der Waals surface area contributed by atoms with Crippen LogP contribution in [-0.2, 0) is 19.5 Å². The van der Waals surface area contributed by atoms with Gasteiger partial charge in [-0.05, 0) is 69.8 Å². The monoisotopic (exact) mass is 503 g/mol. The number of amides is 1. The fourth-order valence-corrected chi connectivity index (χ4v) is 5.73. The number of unbranched alkanes of at least 4 members (excludes halogenated alkanes) is 2. The summed E-state index contributed by atoms with van der Waals surface area (Å²) >= 11 is 0. The second kappa shape index (κ2) is 13.1. The molecule has 0 atom stereocenters. The van der Waals surface area contributed by atoms with E-state index in [9.17, 15) is 9.90 Å². The first-order valence-electron chi connectivity index (χ1n) is 14.4. The number of benzene rings is 2. The summed E-state index contributed by atoms with van der Waals surface area (Å²) in [6.45, 7) is 11.6. The maximum absolute atomic E-state index is 14.3. The van der Waals surface area contributed by atoms with E-state index in [1.165, 1.54) is 24.8 Å². The van der Waals surface area contributed by atoms with Gasteiger partial charge in [0.15, 0.2) is 0 Å². The standard InChI is InChI=1S/C32H45N3O2/c1-4-6-21-34(22-7-5-2)32(37)30-25(3)35(23-18-26-14-10-8-11-15-26)28-16-17-29(36)27(31(28)30)24-33-19-12-9-13-20-33/h8,10-11,14-17,36H,4-7,9,12-13,18-24H2,1-3H3. The van der Waals surface area contributed by atoms with Gasteiger partial charge < -0.3 is 14.6 Å². The van der Waals surface area contributed by atoms with E-state index < -0.39 is 0 Å². The lowest BCUT2D eigenvalue weighted by Crippen LogP contribution is -2.33. The average molecular weight is 504 g/mol. The Labute approximate surface area is 223 Å². The molecule has 3 aromatic rings. The van der Waals surface area contributed by atoms with Crippen molar-refractivity contribution in [2.75, 3.05) is 26.2 Å². The molecule has 5 heteroatoms. The fourth-order valence-electron chi connectivity index (χ4n) is 5.73. The summed E-state index contributed by atoms with van der Waals surface area (Å²) in [5, 5.41) is 12.1. The predicted molar refractivity (Wildman–Crippen MR) is 153 cm³/mol. The second-order valence-corrected chi connectivity index (χ2v) is 10.6. The molecule has 4 rings (SSSR count). The summed E-state index contributed by atoms with van der Waals surface area (Å²) in [5.41, 5.74) is 5.07. The number of aromatic nitrogens is 1. The van der Waals surface area contributed by atoms with Crippen LogP contribution in [0.1, 0.15) is 86.0 Å². The van der Waals surface area contributed by atoms with Gasteiger partial charge in [-0.25, -0.2) is 0 Å². The molecule has 0 aliphatic carbocycles. The van der Waals surface area contributed by atoms with Gasteiger partial charge >= 0.3 is 0 Å². The smallest absolute Gasteiger partial charge is 0.256 e. The molecule has 2 heterocycles. The highest BCUT2D eigenvalue weighted by molar-refractivity contribution is 6.10. The van der Waals surface area contributed by atoms with Crippen molar-refractivity contribution in [1.29, 1.82) is 0 Å². The molecule has 1 amide bonds. The lowest BCUT2D eigenvalue weighted by Gasteiger charge is -2.27. The van der Waals surface area contributed by atoms with Crippen molar-refractivity contribution in [3.05, 3.63) is 64.8 Å². The van der Waals surface area contributed by atoms with Crippen molar-refractivity contribution in [2.45, 2.75) is 85.2 Å². The van der Waals surface area contributed by atoms with Crippen molar-refractivity contribution in [1.82, 2.24) is 14.4 Å². The Morgan fingerprint density at radius 2 is 1.62 bits per heavy atom. The first-order chi connectivity index (χ1) is 18.0. The zero-order valence-corrected chi connectivity index (χ0v) is 23.1. The van der Waals surface area contributed by atoms with Gasteiger partial charge in [0.05, 0.1) is 5.56 Å². The van der Waals surface area contributed by atoms with Crippen LogP contribution < -0.4 is 0 Å². The second-order valence-electron chi connectivity index (χ2n) is 10.6. The number of hydrogen-bond donors (Lipinski definition) is 1. The minimum atomic E-state index is 0.119. The molecule has 1 N–H and O–H groups in total. The van der Waals surface area contributed by atoms with E-state index in [0.717, 1.165) is 92.6 Å². The number of aromatic hydroxyl groups is 1. The third kappa shape index (κ3) is 6.38. The molecular formula is C32H45N3O2. The van der Waals surface area contributed by atoms with E-state index >= 15 is 0 Å². The molecule has 0 radical (unpaired) electrons. The molecule has 1 saturated heterocycles. The number of nitrogens with zero attached hydrogens (tertiary/aromatic N) is 3. The van der Waals surface area contributed by atoms with Crippen LogP contribution >= 0.6 is 0 Å². The van der Waals surface area contributed by atoms with Gasteiger partial charge in [0.1, 0.15) is 5.75 Å². The Bertz CT molecular complexity index is 1150. The third-order valence-corrected chi connectivity index (χ3v) is 7.94. The average Bonchev–Trinajstić information content (AvgIpc) is 3.21. The van der Waals surface area contributed by atoms with E-state index in [1.807, 2.05) is 18.2 Å². The molecule has 5 nitrogen and oxygen atoms in total. The quantitative estimate of drug-likeness (QED) is 0.292. The van der Waals surface area contributed by atoms with Crippen LogP contribution in [0.3, 0.4) is 0 Å². The maximum Gasteiger partial charge on any atom is 0.256 e. The van der Waals surface area contributed by atoms with Crippen molar-refractivity contribution < 1.29 is 9.90 Å². The molecule has 37 heavy (non-hydrogen) atoms. The lowest BCUT2D eigenvalue weighted by atomic mass is 10.0. The van der Waals surface area contributed by atoms with Gasteiger partial charge in [-0.1, -0.05) is 63.4 Å². The summed E-state index contributed by atoms with van der Waals surface area (Å²) in [6, 6.07) is 14.4.